The van der Waals surface area contributed by atoms with E-state index in [4.69, 9.17) is 5.73 Å². The van der Waals surface area contributed by atoms with Gasteiger partial charge in [-0.3, -0.25) is 4.57 Å². The number of anilines is 1. The van der Waals surface area contributed by atoms with E-state index >= 15 is 0 Å². The average Bonchev–Trinajstić information content (AvgIpc) is 2.50. The third-order valence-corrected chi connectivity index (χ3v) is 1.96. The van der Waals surface area contributed by atoms with Crippen molar-refractivity contribution < 1.29 is 0 Å². The Morgan fingerprint density at radius 2 is 1.93 bits per heavy atom. The molecule has 0 aliphatic rings. The maximum atomic E-state index is 11.5. The SMILES string of the molecule is Cn1cnn(-c2ccc(N)cc2)c1=O. The topological polar surface area (TPSA) is 65.8 Å². The van der Waals surface area contributed by atoms with Crippen molar-refractivity contribution >= 4 is 5.69 Å². The molecule has 2 rings (SSSR count). The Kier molecular flexibility index (Phi) is 1.85. The second kappa shape index (κ2) is 3.02. The zero-order valence-corrected chi connectivity index (χ0v) is 7.71. The van der Waals surface area contributed by atoms with Gasteiger partial charge in [0, 0.05) is 12.7 Å². The Labute approximate surface area is 80.4 Å². The highest BCUT2D eigenvalue weighted by atomic mass is 16.2. The van der Waals surface area contributed by atoms with Gasteiger partial charge in [-0.15, -0.1) is 0 Å². The second-order valence-corrected chi connectivity index (χ2v) is 3.03. The summed E-state index contributed by atoms with van der Waals surface area (Å²) in [7, 11) is 1.66. The molecule has 0 saturated carbocycles. The first-order chi connectivity index (χ1) is 6.68. The van der Waals surface area contributed by atoms with Crippen LogP contribution in [0.1, 0.15) is 0 Å². The number of aromatic nitrogens is 3. The normalized spacial score (nSPS) is 10.4. The highest BCUT2D eigenvalue weighted by molar-refractivity contribution is 5.44. The summed E-state index contributed by atoms with van der Waals surface area (Å²) in [4.78, 5) is 11.5. The van der Waals surface area contributed by atoms with E-state index in [1.807, 2.05) is 0 Å². The van der Waals surface area contributed by atoms with Crippen LogP contribution in [0.5, 0.6) is 0 Å². The molecule has 1 aromatic carbocycles. The van der Waals surface area contributed by atoms with Gasteiger partial charge in [-0.1, -0.05) is 0 Å². The minimum atomic E-state index is -0.172. The summed E-state index contributed by atoms with van der Waals surface area (Å²) in [6, 6.07) is 6.97. The summed E-state index contributed by atoms with van der Waals surface area (Å²) in [6.07, 6.45) is 1.47. The molecule has 2 N–H and O–H groups in total. The van der Waals surface area contributed by atoms with Crippen LogP contribution in [0.2, 0.25) is 0 Å². The maximum Gasteiger partial charge on any atom is 0.350 e. The Balaban J connectivity index is 2.55. The van der Waals surface area contributed by atoms with Crippen LogP contribution in [0.4, 0.5) is 5.69 Å². The molecule has 0 fully saturated rings. The molecule has 0 atom stereocenters. The molecule has 1 heterocycles. The fourth-order valence-corrected chi connectivity index (χ4v) is 1.17. The van der Waals surface area contributed by atoms with Crippen LogP contribution in [0.25, 0.3) is 5.69 Å². The smallest absolute Gasteiger partial charge is 0.350 e. The summed E-state index contributed by atoms with van der Waals surface area (Å²) in [6.45, 7) is 0. The predicted molar refractivity (Wildman–Crippen MR) is 53.2 cm³/mol. The van der Waals surface area contributed by atoms with Crippen LogP contribution in [0, 0.1) is 0 Å². The summed E-state index contributed by atoms with van der Waals surface area (Å²) in [5.74, 6) is 0. The van der Waals surface area contributed by atoms with Gasteiger partial charge >= 0.3 is 5.69 Å². The molecule has 5 nitrogen and oxygen atoms in total. The van der Waals surface area contributed by atoms with Gasteiger partial charge in [-0.05, 0) is 24.3 Å². The Morgan fingerprint density at radius 1 is 1.29 bits per heavy atom. The number of hydrogen-bond acceptors (Lipinski definition) is 3. The number of nitrogens with two attached hydrogens (primary N) is 1. The van der Waals surface area contributed by atoms with E-state index < -0.39 is 0 Å². The molecule has 2 aromatic rings. The summed E-state index contributed by atoms with van der Waals surface area (Å²) < 4.78 is 2.73. The molecule has 72 valence electrons. The van der Waals surface area contributed by atoms with Crippen LogP contribution in [-0.4, -0.2) is 14.3 Å². The zero-order chi connectivity index (χ0) is 10.1. The lowest BCUT2D eigenvalue weighted by Gasteiger charge is -1.98. The lowest BCUT2D eigenvalue weighted by molar-refractivity contribution is 0.799. The van der Waals surface area contributed by atoms with Crippen LogP contribution in [0.3, 0.4) is 0 Å². The minimum Gasteiger partial charge on any atom is -0.399 e. The highest BCUT2D eigenvalue weighted by Gasteiger charge is 2.02. The van der Waals surface area contributed by atoms with Crippen LogP contribution < -0.4 is 11.4 Å². The molecule has 0 unspecified atom stereocenters. The molecular weight excluding hydrogens is 180 g/mol. The third kappa shape index (κ3) is 1.28. The van der Waals surface area contributed by atoms with E-state index in [0.717, 1.165) is 0 Å². The number of benzene rings is 1. The lowest BCUT2D eigenvalue weighted by atomic mass is 10.3. The van der Waals surface area contributed by atoms with Crippen LogP contribution in [0.15, 0.2) is 35.4 Å². The molecule has 1 aromatic heterocycles. The Hall–Kier alpha value is -2.04. The third-order valence-electron chi connectivity index (χ3n) is 1.96. The standard InChI is InChI=1S/C9H10N4O/c1-12-6-11-13(9(12)14)8-4-2-7(10)3-5-8/h2-6H,10H2,1H3. The molecule has 5 heteroatoms. The van der Waals surface area contributed by atoms with Gasteiger partial charge in [0.1, 0.15) is 6.33 Å². The second-order valence-electron chi connectivity index (χ2n) is 3.03. The molecule has 0 amide bonds. The van der Waals surface area contributed by atoms with E-state index in [1.54, 1.807) is 31.3 Å². The lowest BCUT2D eigenvalue weighted by Crippen LogP contribution is -2.21. The number of hydrogen-bond donors (Lipinski definition) is 1. The fourth-order valence-electron chi connectivity index (χ4n) is 1.17. The molecule has 14 heavy (non-hydrogen) atoms. The Morgan fingerprint density at radius 3 is 2.43 bits per heavy atom. The fraction of sp³-hybridized carbons (Fsp3) is 0.111. The molecule has 0 aliphatic carbocycles. The van der Waals surface area contributed by atoms with Crippen molar-refractivity contribution in [2.75, 3.05) is 5.73 Å². The summed E-state index contributed by atoms with van der Waals surface area (Å²) in [5, 5.41) is 3.94. The molecule has 0 spiro atoms. The van der Waals surface area contributed by atoms with E-state index in [-0.39, 0.29) is 5.69 Å². The first-order valence-corrected chi connectivity index (χ1v) is 4.15. The largest absolute Gasteiger partial charge is 0.399 e. The quantitative estimate of drug-likeness (QED) is 0.651. The van der Waals surface area contributed by atoms with Crippen molar-refractivity contribution in [2.24, 2.45) is 7.05 Å². The van der Waals surface area contributed by atoms with Crippen LogP contribution in [-0.2, 0) is 7.05 Å². The van der Waals surface area contributed by atoms with Gasteiger partial charge in [-0.25, -0.2) is 4.79 Å². The molecular formula is C9H10N4O. The van der Waals surface area contributed by atoms with Gasteiger partial charge < -0.3 is 5.73 Å². The van der Waals surface area contributed by atoms with Crippen molar-refractivity contribution in [3.8, 4) is 5.69 Å². The monoisotopic (exact) mass is 190 g/mol. The molecule has 0 saturated heterocycles. The van der Waals surface area contributed by atoms with Crippen LogP contribution >= 0.6 is 0 Å². The van der Waals surface area contributed by atoms with Crippen molar-refractivity contribution in [3.63, 3.8) is 0 Å². The van der Waals surface area contributed by atoms with E-state index in [0.29, 0.717) is 11.4 Å². The summed E-state index contributed by atoms with van der Waals surface area (Å²) in [5.41, 5.74) is 6.74. The van der Waals surface area contributed by atoms with Gasteiger partial charge in [0.05, 0.1) is 5.69 Å². The predicted octanol–water partition coefficient (Wildman–Crippen LogP) is 0.153. The number of rotatable bonds is 1. The van der Waals surface area contributed by atoms with Crippen molar-refractivity contribution in [1.29, 1.82) is 0 Å². The number of aryl methyl sites for hydroxylation is 1. The molecule has 0 radical (unpaired) electrons. The Bertz CT molecular complexity index is 494. The molecule has 0 aliphatic heterocycles. The maximum absolute atomic E-state index is 11.5. The summed E-state index contributed by atoms with van der Waals surface area (Å²) >= 11 is 0. The van der Waals surface area contributed by atoms with Gasteiger partial charge in [0.15, 0.2) is 0 Å². The average molecular weight is 190 g/mol. The first-order valence-electron chi connectivity index (χ1n) is 4.15. The first kappa shape index (κ1) is 8.55. The highest BCUT2D eigenvalue weighted by Crippen LogP contribution is 2.07. The van der Waals surface area contributed by atoms with Crippen molar-refractivity contribution in [1.82, 2.24) is 14.3 Å². The van der Waals surface area contributed by atoms with Gasteiger partial charge in [0.2, 0.25) is 0 Å². The van der Waals surface area contributed by atoms with E-state index in [1.165, 1.54) is 15.6 Å². The van der Waals surface area contributed by atoms with E-state index in [2.05, 4.69) is 5.10 Å². The van der Waals surface area contributed by atoms with Gasteiger partial charge in [0.25, 0.3) is 0 Å². The van der Waals surface area contributed by atoms with Crippen molar-refractivity contribution in [3.05, 3.63) is 41.1 Å². The minimum absolute atomic E-state index is 0.172. The van der Waals surface area contributed by atoms with Gasteiger partial charge in [-0.2, -0.15) is 9.78 Å². The van der Waals surface area contributed by atoms with Crippen molar-refractivity contribution in [2.45, 2.75) is 0 Å². The zero-order valence-electron chi connectivity index (χ0n) is 7.71. The molecule has 0 bridgehead atoms. The van der Waals surface area contributed by atoms with E-state index in [9.17, 15) is 4.79 Å². The number of nitrogens with zero attached hydrogens (tertiary/aromatic N) is 3. The number of nitrogen functional groups attached to an aromatic ring is 1.